The van der Waals surface area contributed by atoms with E-state index in [1.54, 1.807) is 0 Å². The van der Waals surface area contributed by atoms with Crippen LogP contribution in [-0.2, 0) is 19.5 Å². The lowest BCUT2D eigenvalue weighted by molar-refractivity contribution is 0.114. The highest BCUT2D eigenvalue weighted by Crippen LogP contribution is 2.19. The molecular formula is C17H26N4OS. The molecule has 23 heavy (non-hydrogen) atoms. The van der Waals surface area contributed by atoms with Crippen LogP contribution in [0.2, 0.25) is 0 Å². The van der Waals surface area contributed by atoms with E-state index in [2.05, 4.69) is 40.0 Å². The van der Waals surface area contributed by atoms with Gasteiger partial charge in [-0.05, 0) is 12.8 Å². The molecular weight excluding hydrogens is 308 g/mol. The van der Waals surface area contributed by atoms with Gasteiger partial charge in [-0.2, -0.15) is 0 Å². The first-order valence-electron chi connectivity index (χ1n) is 8.39. The first-order chi connectivity index (χ1) is 11.1. The summed E-state index contributed by atoms with van der Waals surface area (Å²) in [6.07, 6.45) is 3.15. The maximum atomic E-state index is 5.31. The van der Waals surface area contributed by atoms with E-state index in [4.69, 9.17) is 4.52 Å². The van der Waals surface area contributed by atoms with Crippen molar-refractivity contribution in [2.24, 2.45) is 5.92 Å². The average Bonchev–Trinajstić information content (AvgIpc) is 3.10. The fraction of sp³-hybridized carbons (Fsp3) is 0.647. The molecule has 1 aliphatic rings. The van der Waals surface area contributed by atoms with Gasteiger partial charge in [-0.3, -0.25) is 9.80 Å². The van der Waals surface area contributed by atoms with Gasteiger partial charge in [0.05, 0.1) is 17.2 Å². The molecule has 1 aliphatic heterocycles. The van der Waals surface area contributed by atoms with Crippen molar-refractivity contribution in [3.63, 3.8) is 0 Å². The van der Waals surface area contributed by atoms with Crippen LogP contribution in [0.3, 0.4) is 0 Å². The first kappa shape index (κ1) is 16.6. The Kier molecular flexibility index (Phi) is 5.46. The summed E-state index contributed by atoms with van der Waals surface area (Å²) in [5, 5.41) is 5.23. The van der Waals surface area contributed by atoms with E-state index in [1.807, 2.05) is 24.3 Å². The molecule has 0 atom stereocenters. The van der Waals surface area contributed by atoms with Crippen LogP contribution in [0, 0.1) is 12.8 Å². The third kappa shape index (κ3) is 4.86. The Bertz CT molecular complexity index is 614. The van der Waals surface area contributed by atoms with E-state index in [1.165, 1.54) is 9.88 Å². The van der Waals surface area contributed by atoms with Crippen molar-refractivity contribution < 1.29 is 4.52 Å². The first-order valence-corrected chi connectivity index (χ1v) is 9.20. The quantitative estimate of drug-likeness (QED) is 0.813. The van der Waals surface area contributed by atoms with Gasteiger partial charge in [0.2, 0.25) is 0 Å². The number of hydrogen-bond acceptors (Lipinski definition) is 6. The lowest BCUT2D eigenvalue weighted by Crippen LogP contribution is -2.45. The zero-order valence-corrected chi connectivity index (χ0v) is 15.1. The van der Waals surface area contributed by atoms with E-state index in [0.29, 0.717) is 5.92 Å². The summed E-state index contributed by atoms with van der Waals surface area (Å²) >= 11 is 1.87. The molecule has 2 aromatic rings. The van der Waals surface area contributed by atoms with E-state index in [-0.39, 0.29) is 0 Å². The minimum atomic E-state index is 0.678. The van der Waals surface area contributed by atoms with Gasteiger partial charge in [0.1, 0.15) is 0 Å². The van der Waals surface area contributed by atoms with Crippen LogP contribution >= 0.6 is 11.3 Å². The Morgan fingerprint density at radius 2 is 1.87 bits per heavy atom. The average molecular weight is 334 g/mol. The van der Waals surface area contributed by atoms with Gasteiger partial charge in [-0.15, -0.1) is 11.3 Å². The molecule has 0 unspecified atom stereocenters. The highest BCUT2D eigenvalue weighted by molar-refractivity contribution is 7.11. The third-order valence-electron chi connectivity index (χ3n) is 4.08. The summed E-state index contributed by atoms with van der Waals surface area (Å²) in [5.74, 6) is 1.65. The minimum absolute atomic E-state index is 0.678. The van der Waals surface area contributed by atoms with Gasteiger partial charge in [0.25, 0.3) is 0 Å². The van der Waals surface area contributed by atoms with Crippen LogP contribution < -0.4 is 0 Å². The van der Waals surface area contributed by atoms with Gasteiger partial charge < -0.3 is 4.52 Å². The van der Waals surface area contributed by atoms with E-state index >= 15 is 0 Å². The molecule has 0 saturated carbocycles. The second kappa shape index (κ2) is 7.55. The molecule has 0 bridgehead atoms. The normalized spacial score (nSPS) is 17.2. The minimum Gasteiger partial charge on any atom is -0.360 e. The maximum Gasteiger partial charge on any atom is 0.150 e. The van der Waals surface area contributed by atoms with Crippen molar-refractivity contribution in [1.29, 1.82) is 0 Å². The van der Waals surface area contributed by atoms with E-state index < -0.39 is 0 Å². The predicted molar refractivity (Wildman–Crippen MR) is 92.5 cm³/mol. The standard InChI is InChI=1S/C17H26N4OS/c1-13(2)8-17-18-10-16(23-17)12-21-6-4-20(5-7-21)11-15-9-14(3)19-22-15/h9-10,13H,4-8,11-12H2,1-3H3. The molecule has 0 aliphatic carbocycles. The predicted octanol–water partition coefficient (Wildman–Crippen LogP) is 2.96. The molecule has 0 radical (unpaired) electrons. The SMILES string of the molecule is Cc1cc(CN2CCN(Cc3cnc(CC(C)C)s3)CC2)on1. The fourth-order valence-electron chi connectivity index (χ4n) is 2.90. The number of nitrogens with zero attached hydrogens (tertiary/aromatic N) is 4. The number of aryl methyl sites for hydroxylation is 1. The number of rotatable bonds is 6. The van der Waals surface area contributed by atoms with Crippen LogP contribution in [-0.4, -0.2) is 46.1 Å². The highest BCUT2D eigenvalue weighted by Gasteiger charge is 2.19. The van der Waals surface area contributed by atoms with Crippen molar-refractivity contribution in [3.8, 4) is 0 Å². The zero-order valence-electron chi connectivity index (χ0n) is 14.3. The van der Waals surface area contributed by atoms with Gasteiger partial charge >= 0.3 is 0 Å². The Morgan fingerprint density at radius 1 is 1.17 bits per heavy atom. The molecule has 1 fully saturated rings. The Balaban J connectivity index is 1.44. The number of aromatic nitrogens is 2. The Hall–Kier alpha value is -1.24. The molecule has 0 amide bonds. The second-order valence-corrected chi connectivity index (χ2v) is 8.00. The van der Waals surface area contributed by atoms with Crippen molar-refractivity contribution >= 4 is 11.3 Å². The second-order valence-electron chi connectivity index (χ2n) is 6.81. The summed E-state index contributed by atoms with van der Waals surface area (Å²) in [6.45, 7) is 12.7. The molecule has 0 aromatic carbocycles. The van der Waals surface area contributed by atoms with Crippen molar-refractivity contribution in [3.05, 3.63) is 33.6 Å². The molecule has 2 aromatic heterocycles. The van der Waals surface area contributed by atoms with Crippen LogP contribution in [0.5, 0.6) is 0 Å². The summed E-state index contributed by atoms with van der Waals surface area (Å²) in [5.41, 5.74) is 0.959. The smallest absolute Gasteiger partial charge is 0.150 e. The van der Waals surface area contributed by atoms with Gasteiger partial charge in [0.15, 0.2) is 5.76 Å². The summed E-state index contributed by atoms with van der Waals surface area (Å²) in [6, 6.07) is 2.03. The lowest BCUT2D eigenvalue weighted by atomic mass is 10.1. The van der Waals surface area contributed by atoms with E-state index in [9.17, 15) is 0 Å². The van der Waals surface area contributed by atoms with Crippen LogP contribution in [0.4, 0.5) is 0 Å². The van der Waals surface area contributed by atoms with Crippen LogP contribution in [0.1, 0.15) is 35.2 Å². The molecule has 1 saturated heterocycles. The van der Waals surface area contributed by atoms with Crippen molar-refractivity contribution in [2.45, 2.75) is 40.3 Å². The third-order valence-corrected chi connectivity index (χ3v) is 5.09. The van der Waals surface area contributed by atoms with Crippen LogP contribution in [0.15, 0.2) is 16.8 Å². The Morgan fingerprint density at radius 3 is 2.48 bits per heavy atom. The van der Waals surface area contributed by atoms with Gasteiger partial charge in [-0.1, -0.05) is 19.0 Å². The van der Waals surface area contributed by atoms with Crippen LogP contribution in [0.25, 0.3) is 0 Å². The number of hydrogen-bond donors (Lipinski definition) is 0. The number of piperazine rings is 1. The summed E-state index contributed by atoms with van der Waals surface area (Å²) in [7, 11) is 0. The number of thiazole rings is 1. The molecule has 0 spiro atoms. The molecule has 5 nitrogen and oxygen atoms in total. The molecule has 6 heteroatoms. The summed E-state index contributed by atoms with van der Waals surface area (Å²) < 4.78 is 5.31. The molecule has 0 N–H and O–H groups in total. The van der Waals surface area contributed by atoms with Crippen molar-refractivity contribution in [2.75, 3.05) is 26.2 Å². The lowest BCUT2D eigenvalue weighted by Gasteiger charge is -2.33. The zero-order chi connectivity index (χ0) is 16.2. The Labute approximate surface area is 142 Å². The fourth-order valence-corrected chi connectivity index (χ4v) is 4.08. The van der Waals surface area contributed by atoms with Gasteiger partial charge in [-0.25, -0.2) is 4.98 Å². The van der Waals surface area contributed by atoms with Crippen molar-refractivity contribution in [1.82, 2.24) is 19.9 Å². The molecule has 126 valence electrons. The summed E-state index contributed by atoms with van der Waals surface area (Å²) in [4.78, 5) is 10.9. The topological polar surface area (TPSA) is 45.4 Å². The van der Waals surface area contributed by atoms with Gasteiger partial charge in [0, 0.05) is 56.3 Å². The largest absolute Gasteiger partial charge is 0.360 e. The monoisotopic (exact) mass is 334 g/mol. The highest BCUT2D eigenvalue weighted by atomic mass is 32.1. The molecule has 3 rings (SSSR count). The maximum absolute atomic E-state index is 5.31. The van der Waals surface area contributed by atoms with E-state index in [0.717, 1.165) is 57.1 Å². The molecule has 3 heterocycles.